The van der Waals surface area contributed by atoms with Gasteiger partial charge >= 0.3 is 0 Å². The normalized spacial score (nSPS) is 16.8. The number of rotatable bonds is 4. The summed E-state index contributed by atoms with van der Waals surface area (Å²) >= 11 is 3.42. The van der Waals surface area contributed by atoms with Crippen molar-refractivity contribution in [2.24, 2.45) is 5.92 Å². The zero-order chi connectivity index (χ0) is 15.5. The van der Waals surface area contributed by atoms with Gasteiger partial charge in [0, 0.05) is 42.9 Å². The van der Waals surface area contributed by atoms with Gasteiger partial charge in [-0.3, -0.25) is 9.69 Å². The summed E-state index contributed by atoms with van der Waals surface area (Å²) in [6, 6.07) is 2.12. The number of hydrogen-bond donors (Lipinski definition) is 0. The standard InChI is InChI=1S/C16H21N3OS2/c1-18(2)16(20)12-3-6-19(7-4-12)9-14-11-22-15(17-14)13-5-8-21-10-13/h5,8,10-12H,3-4,6-7,9H2,1-2H3. The highest BCUT2D eigenvalue weighted by atomic mass is 32.1. The van der Waals surface area contributed by atoms with Crippen LogP contribution in [0.15, 0.2) is 22.2 Å². The minimum atomic E-state index is 0.197. The Morgan fingerprint density at radius 2 is 2.14 bits per heavy atom. The predicted molar refractivity (Wildman–Crippen MR) is 92.1 cm³/mol. The summed E-state index contributed by atoms with van der Waals surface area (Å²) in [6.45, 7) is 2.86. The van der Waals surface area contributed by atoms with Crippen molar-refractivity contribution in [3.05, 3.63) is 27.9 Å². The molecule has 0 spiro atoms. The van der Waals surface area contributed by atoms with E-state index in [-0.39, 0.29) is 11.8 Å². The molecule has 0 radical (unpaired) electrons. The van der Waals surface area contributed by atoms with Crippen LogP contribution >= 0.6 is 22.7 Å². The third kappa shape index (κ3) is 3.56. The molecule has 118 valence electrons. The quantitative estimate of drug-likeness (QED) is 0.861. The molecule has 1 fully saturated rings. The van der Waals surface area contributed by atoms with E-state index >= 15 is 0 Å². The predicted octanol–water partition coefficient (Wildman–Crippen LogP) is 3.17. The molecular weight excluding hydrogens is 314 g/mol. The Kier molecular flexibility index (Phi) is 4.90. The Morgan fingerprint density at radius 3 is 2.77 bits per heavy atom. The first kappa shape index (κ1) is 15.6. The second-order valence-corrected chi connectivity index (χ2v) is 7.58. The molecule has 3 rings (SSSR count). The van der Waals surface area contributed by atoms with Crippen LogP contribution in [0.1, 0.15) is 18.5 Å². The number of carbonyl (C=O) groups excluding carboxylic acids is 1. The minimum Gasteiger partial charge on any atom is -0.349 e. The number of aromatic nitrogens is 1. The van der Waals surface area contributed by atoms with E-state index in [0.29, 0.717) is 0 Å². The third-order valence-corrected chi connectivity index (χ3v) is 5.71. The van der Waals surface area contributed by atoms with Crippen molar-refractivity contribution < 1.29 is 4.79 Å². The molecule has 0 unspecified atom stereocenters. The fourth-order valence-electron chi connectivity index (χ4n) is 2.83. The second kappa shape index (κ2) is 6.89. The van der Waals surface area contributed by atoms with Crippen LogP contribution in [0.3, 0.4) is 0 Å². The Hall–Kier alpha value is -1.24. The minimum absolute atomic E-state index is 0.197. The van der Waals surface area contributed by atoms with Crippen LogP contribution < -0.4 is 0 Å². The third-order valence-electron chi connectivity index (χ3n) is 4.08. The molecule has 0 N–H and O–H groups in total. The molecule has 2 aromatic heterocycles. The van der Waals surface area contributed by atoms with Gasteiger partial charge in [0.25, 0.3) is 0 Å². The molecule has 3 heterocycles. The van der Waals surface area contributed by atoms with Crippen molar-refractivity contribution in [1.29, 1.82) is 0 Å². The van der Waals surface area contributed by atoms with Crippen molar-refractivity contribution in [3.8, 4) is 10.6 Å². The highest BCUT2D eigenvalue weighted by Crippen LogP contribution is 2.27. The van der Waals surface area contributed by atoms with E-state index in [1.54, 1.807) is 27.6 Å². The molecule has 22 heavy (non-hydrogen) atoms. The van der Waals surface area contributed by atoms with E-state index < -0.39 is 0 Å². The number of hydrogen-bond acceptors (Lipinski definition) is 5. The average molecular weight is 335 g/mol. The molecule has 2 aromatic rings. The Morgan fingerprint density at radius 1 is 1.36 bits per heavy atom. The topological polar surface area (TPSA) is 36.4 Å². The molecule has 1 amide bonds. The lowest BCUT2D eigenvalue weighted by atomic mass is 9.95. The average Bonchev–Trinajstić information content (AvgIpc) is 3.18. The fourth-order valence-corrected chi connectivity index (χ4v) is 4.35. The fraction of sp³-hybridized carbons (Fsp3) is 0.500. The van der Waals surface area contributed by atoms with E-state index in [1.807, 2.05) is 14.1 Å². The number of thiazole rings is 1. The summed E-state index contributed by atoms with van der Waals surface area (Å²) in [6.07, 6.45) is 1.91. The van der Waals surface area contributed by atoms with E-state index in [4.69, 9.17) is 4.98 Å². The number of amides is 1. The number of thiophene rings is 1. The summed E-state index contributed by atoms with van der Waals surface area (Å²) < 4.78 is 0. The van der Waals surface area contributed by atoms with E-state index in [9.17, 15) is 4.79 Å². The summed E-state index contributed by atoms with van der Waals surface area (Å²) in [5.74, 6) is 0.469. The van der Waals surface area contributed by atoms with Crippen molar-refractivity contribution in [2.45, 2.75) is 19.4 Å². The first-order valence-corrected chi connectivity index (χ1v) is 9.36. The first-order valence-electron chi connectivity index (χ1n) is 7.54. The van der Waals surface area contributed by atoms with Crippen LogP contribution in [-0.4, -0.2) is 47.9 Å². The molecular formula is C16H21N3OS2. The highest BCUT2D eigenvalue weighted by Gasteiger charge is 2.26. The van der Waals surface area contributed by atoms with E-state index in [1.165, 1.54) is 5.56 Å². The molecule has 0 aromatic carbocycles. The maximum Gasteiger partial charge on any atom is 0.225 e. The number of carbonyl (C=O) groups is 1. The van der Waals surface area contributed by atoms with Gasteiger partial charge < -0.3 is 4.90 Å². The molecule has 1 saturated heterocycles. The summed E-state index contributed by atoms with van der Waals surface area (Å²) in [5.41, 5.74) is 2.36. The summed E-state index contributed by atoms with van der Waals surface area (Å²) in [4.78, 5) is 20.9. The summed E-state index contributed by atoms with van der Waals surface area (Å²) in [7, 11) is 3.69. The zero-order valence-electron chi connectivity index (χ0n) is 13.0. The number of piperidine rings is 1. The van der Waals surface area contributed by atoms with Gasteiger partial charge in [-0.1, -0.05) is 0 Å². The van der Waals surface area contributed by atoms with Crippen LogP contribution in [0, 0.1) is 5.92 Å². The lowest BCUT2D eigenvalue weighted by Crippen LogP contribution is -2.39. The maximum absolute atomic E-state index is 12.0. The number of nitrogens with zero attached hydrogens (tertiary/aromatic N) is 3. The second-order valence-electron chi connectivity index (χ2n) is 5.94. The van der Waals surface area contributed by atoms with Gasteiger partial charge in [0.15, 0.2) is 0 Å². The lowest BCUT2D eigenvalue weighted by molar-refractivity contribution is -0.134. The lowest BCUT2D eigenvalue weighted by Gasteiger charge is -2.31. The van der Waals surface area contributed by atoms with Crippen LogP contribution in [0.25, 0.3) is 10.6 Å². The van der Waals surface area contributed by atoms with Crippen molar-refractivity contribution >= 4 is 28.6 Å². The van der Waals surface area contributed by atoms with Crippen molar-refractivity contribution in [2.75, 3.05) is 27.2 Å². The van der Waals surface area contributed by atoms with Gasteiger partial charge in [-0.05, 0) is 37.4 Å². The van der Waals surface area contributed by atoms with Crippen LogP contribution in [0.5, 0.6) is 0 Å². The zero-order valence-corrected chi connectivity index (χ0v) is 14.6. The van der Waals surface area contributed by atoms with Crippen LogP contribution in [0.4, 0.5) is 0 Å². The van der Waals surface area contributed by atoms with Gasteiger partial charge in [0.05, 0.1) is 5.69 Å². The van der Waals surface area contributed by atoms with Crippen molar-refractivity contribution in [1.82, 2.24) is 14.8 Å². The van der Waals surface area contributed by atoms with Gasteiger partial charge in [0.2, 0.25) is 5.91 Å². The van der Waals surface area contributed by atoms with Gasteiger partial charge in [-0.2, -0.15) is 11.3 Å². The SMILES string of the molecule is CN(C)C(=O)C1CCN(Cc2csc(-c3ccsc3)n2)CC1. The smallest absolute Gasteiger partial charge is 0.225 e. The summed E-state index contributed by atoms with van der Waals surface area (Å²) in [5, 5.41) is 7.49. The van der Waals surface area contributed by atoms with Gasteiger partial charge in [0.1, 0.15) is 5.01 Å². The first-order chi connectivity index (χ1) is 10.6. The molecule has 0 saturated carbocycles. The van der Waals surface area contributed by atoms with E-state index in [0.717, 1.165) is 43.2 Å². The molecule has 0 aliphatic carbocycles. The molecule has 6 heteroatoms. The van der Waals surface area contributed by atoms with Crippen molar-refractivity contribution in [3.63, 3.8) is 0 Å². The van der Waals surface area contributed by atoms with Crippen LogP contribution in [-0.2, 0) is 11.3 Å². The Balaban J connectivity index is 1.54. The molecule has 1 aliphatic rings. The maximum atomic E-state index is 12.0. The highest BCUT2D eigenvalue weighted by molar-refractivity contribution is 7.14. The van der Waals surface area contributed by atoms with E-state index in [2.05, 4.69) is 27.1 Å². The largest absolute Gasteiger partial charge is 0.349 e. The monoisotopic (exact) mass is 335 g/mol. The van der Waals surface area contributed by atoms with Crippen LogP contribution in [0.2, 0.25) is 0 Å². The molecule has 4 nitrogen and oxygen atoms in total. The molecule has 0 atom stereocenters. The molecule has 0 bridgehead atoms. The number of likely N-dealkylation sites (tertiary alicyclic amines) is 1. The van der Waals surface area contributed by atoms with Gasteiger partial charge in [-0.15, -0.1) is 11.3 Å². The molecule has 1 aliphatic heterocycles. The Labute approximate surface area is 139 Å². The Bertz CT molecular complexity index is 613. The van der Waals surface area contributed by atoms with Gasteiger partial charge in [-0.25, -0.2) is 4.98 Å².